The number of hydrogen-bond donors (Lipinski definition) is 0. The van der Waals surface area contributed by atoms with Gasteiger partial charge in [0.2, 0.25) is 0 Å². The van der Waals surface area contributed by atoms with Crippen molar-refractivity contribution >= 4 is 71.7 Å². The number of anilines is 3. The molecule has 0 atom stereocenters. The Morgan fingerprint density at radius 2 is 0.902 bits per heavy atom. The number of para-hydroxylation sites is 2. The van der Waals surface area contributed by atoms with Gasteiger partial charge in [-0.2, -0.15) is 0 Å². The quantitative estimate of drug-likeness (QED) is 0.161. The van der Waals surface area contributed by atoms with E-state index in [4.69, 9.17) is 8.83 Å². The first-order chi connectivity index (χ1) is 30.3. The number of hydrogen-bond acceptors (Lipinski definition) is 3. The van der Waals surface area contributed by atoms with Gasteiger partial charge in [0.25, 0.3) is 0 Å². The molecule has 0 fully saturated rings. The molecule has 2 heterocycles. The Morgan fingerprint density at radius 3 is 1.72 bits per heavy atom. The van der Waals surface area contributed by atoms with Gasteiger partial charge in [-0.05, 0) is 98.9 Å². The molecule has 12 aromatic rings. The molecule has 0 spiro atoms. The maximum atomic E-state index is 6.77. The Hall–Kier alpha value is -8.14. The van der Waals surface area contributed by atoms with Gasteiger partial charge < -0.3 is 13.7 Å². The zero-order valence-corrected chi connectivity index (χ0v) is 33.1. The van der Waals surface area contributed by atoms with E-state index in [-0.39, 0.29) is 0 Å². The van der Waals surface area contributed by atoms with Crippen molar-refractivity contribution in [1.82, 2.24) is 0 Å². The molecule has 0 N–H and O–H groups in total. The molecule has 2 aromatic heterocycles. The molecule has 0 aliphatic rings. The number of rotatable bonds is 7. The van der Waals surface area contributed by atoms with Crippen molar-refractivity contribution in [2.24, 2.45) is 0 Å². The Balaban J connectivity index is 1.07. The Labute approximate surface area is 353 Å². The fourth-order valence-electron chi connectivity index (χ4n) is 9.28. The van der Waals surface area contributed by atoms with E-state index < -0.39 is 0 Å². The molecule has 0 radical (unpaired) electrons. The molecule has 12 rings (SSSR count). The monoisotopic (exact) mass is 779 g/mol. The summed E-state index contributed by atoms with van der Waals surface area (Å²) in [5, 5.41) is 6.61. The molecule has 0 saturated carbocycles. The van der Waals surface area contributed by atoms with Gasteiger partial charge >= 0.3 is 0 Å². The summed E-state index contributed by atoms with van der Waals surface area (Å²) in [4.78, 5) is 2.40. The molecular formula is C58H37NO2. The van der Waals surface area contributed by atoms with E-state index in [1.54, 1.807) is 0 Å². The first kappa shape index (κ1) is 34.9. The van der Waals surface area contributed by atoms with Crippen LogP contribution in [0.3, 0.4) is 0 Å². The van der Waals surface area contributed by atoms with Crippen LogP contribution in [0.4, 0.5) is 17.1 Å². The third-order valence-corrected chi connectivity index (χ3v) is 12.1. The van der Waals surface area contributed by atoms with E-state index in [0.717, 1.165) is 94.0 Å². The van der Waals surface area contributed by atoms with Crippen LogP contribution in [0.5, 0.6) is 0 Å². The van der Waals surface area contributed by atoms with Crippen molar-refractivity contribution in [3.8, 4) is 44.5 Å². The highest BCUT2D eigenvalue weighted by molar-refractivity contribution is 6.20. The summed E-state index contributed by atoms with van der Waals surface area (Å²) in [6.07, 6.45) is 0. The minimum absolute atomic E-state index is 0.845. The van der Waals surface area contributed by atoms with Crippen molar-refractivity contribution in [3.05, 3.63) is 224 Å². The van der Waals surface area contributed by atoms with Crippen LogP contribution in [0, 0.1) is 0 Å². The molecule has 286 valence electrons. The third-order valence-electron chi connectivity index (χ3n) is 12.1. The van der Waals surface area contributed by atoms with Gasteiger partial charge in [-0.15, -0.1) is 0 Å². The second kappa shape index (κ2) is 14.3. The van der Waals surface area contributed by atoms with Gasteiger partial charge in [0.1, 0.15) is 22.3 Å². The molecule has 10 aromatic carbocycles. The number of nitrogens with zero attached hydrogens (tertiary/aromatic N) is 1. The predicted molar refractivity (Wildman–Crippen MR) is 255 cm³/mol. The summed E-state index contributed by atoms with van der Waals surface area (Å²) in [6, 6.07) is 79.9. The highest BCUT2D eigenvalue weighted by Crippen LogP contribution is 2.49. The van der Waals surface area contributed by atoms with E-state index in [1.165, 1.54) is 22.3 Å². The van der Waals surface area contributed by atoms with Gasteiger partial charge in [-0.3, -0.25) is 0 Å². The van der Waals surface area contributed by atoms with Gasteiger partial charge in [0.15, 0.2) is 0 Å². The summed E-state index contributed by atoms with van der Waals surface area (Å²) < 4.78 is 13.2. The molecule has 3 nitrogen and oxygen atoms in total. The van der Waals surface area contributed by atoms with Crippen LogP contribution < -0.4 is 4.90 Å². The molecule has 0 amide bonds. The lowest BCUT2D eigenvalue weighted by Crippen LogP contribution is -2.11. The van der Waals surface area contributed by atoms with Crippen LogP contribution in [0.1, 0.15) is 0 Å². The fourth-order valence-corrected chi connectivity index (χ4v) is 9.28. The zero-order valence-electron chi connectivity index (χ0n) is 33.1. The van der Waals surface area contributed by atoms with Crippen molar-refractivity contribution in [2.75, 3.05) is 4.90 Å². The second-order valence-corrected chi connectivity index (χ2v) is 15.6. The second-order valence-electron chi connectivity index (χ2n) is 15.6. The predicted octanol–water partition coefficient (Wildman–Crippen LogP) is 16.8. The first-order valence-corrected chi connectivity index (χ1v) is 20.7. The number of furan rings is 2. The van der Waals surface area contributed by atoms with E-state index >= 15 is 0 Å². The Kier molecular flexibility index (Phi) is 8.17. The van der Waals surface area contributed by atoms with Crippen LogP contribution in [0.25, 0.3) is 99.2 Å². The molecule has 0 aliphatic carbocycles. The third kappa shape index (κ3) is 5.82. The smallest absolute Gasteiger partial charge is 0.143 e. The van der Waals surface area contributed by atoms with E-state index in [9.17, 15) is 0 Å². The average Bonchev–Trinajstić information content (AvgIpc) is 3.92. The summed E-state index contributed by atoms with van der Waals surface area (Å²) in [5.74, 6) is 0. The van der Waals surface area contributed by atoms with Gasteiger partial charge in [0, 0.05) is 32.8 Å². The topological polar surface area (TPSA) is 29.5 Å². The number of fused-ring (bicyclic) bond motifs is 8. The van der Waals surface area contributed by atoms with E-state index in [0.29, 0.717) is 0 Å². The van der Waals surface area contributed by atoms with E-state index in [2.05, 4.69) is 217 Å². The maximum absolute atomic E-state index is 6.77. The SMILES string of the molecule is c1ccc(-c2ccc(-c3ccc(N(c4ccccc4-c4cccc5oc6ccccc6c45)c4cccc5oc6c7ccccc7ccc6c45)cc3)cc2-c2ccccc2)cc1. The molecule has 3 heteroatoms. The molecule has 0 bridgehead atoms. The highest BCUT2D eigenvalue weighted by atomic mass is 16.3. The summed E-state index contributed by atoms with van der Waals surface area (Å²) in [5.41, 5.74) is 15.9. The Morgan fingerprint density at radius 1 is 0.295 bits per heavy atom. The summed E-state index contributed by atoms with van der Waals surface area (Å²) in [6.45, 7) is 0. The lowest BCUT2D eigenvalue weighted by atomic mass is 9.91. The normalized spacial score (nSPS) is 11.6. The Bertz CT molecular complexity index is 3580. The molecule has 0 aliphatic heterocycles. The standard InChI is InChI=1S/C58H37NO2/c1-3-15-39(16-4-1)44-35-32-42(37-50(44)40-17-5-2-6-18-40)38-29-33-43(34-30-38)59(52-25-14-28-55-57(52)49-36-31-41-19-7-8-20-45(41)58(49)61-55)51-24-11-9-21-46(51)47-23-13-27-54-56(47)48-22-10-12-26-53(48)60-54/h1-37H. The van der Waals surface area contributed by atoms with Crippen molar-refractivity contribution in [2.45, 2.75) is 0 Å². The van der Waals surface area contributed by atoms with Crippen LogP contribution in [0.15, 0.2) is 233 Å². The number of benzene rings is 10. The molecule has 0 unspecified atom stereocenters. The minimum Gasteiger partial charge on any atom is -0.456 e. The van der Waals surface area contributed by atoms with Crippen molar-refractivity contribution in [3.63, 3.8) is 0 Å². The molecule has 0 saturated heterocycles. The molecular weight excluding hydrogens is 743 g/mol. The first-order valence-electron chi connectivity index (χ1n) is 20.7. The van der Waals surface area contributed by atoms with Gasteiger partial charge in [-0.1, -0.05) is 170 Å². The fraction of sp³-hybridized carbons (Fsp3) is 0. The van der Waals surface area contributed by atoms with Gasteiger partial charge in [0.05, 0.1) is 16.8 Å². The van der Waals surface area contributed by atoms with Crippen LogP contribution >= 0.6 is 0 Å². The summed E-state index contributed by atoms with van der Waals surface area (Å²) >= 11 is 0. The van der Waals surface area contributed by atoms with Crippen molar-refractivity contribution in [1.29, 1.82) is 0 Å². The van der Waals surface area contributed by atoms with Crippen molar-refractivity contribution < 1.29 is 8.83 Å². The largest absolute Gasteiger partial charge is 0.456 e. The zero-order chi connectivity index (χ0) is 40.3. The summed E-state index contributed by atoms with van der Waals surface area (Å²) in [7, 11) is 0. The minimum atomic E-state index is 0.845. The maximum Gasteiger partial charge on any atom is 0.143 e. The lowest BCUT2D eigenvalue weighted by molar-refractivity contribution is 0.669. The van der Waals surface area contributed by atoms with E-state index in [1.807, 2.05) is 12.1 Å². The highest BCUT2D eigenvalue weighted by Gasteiger charge is 2.24. The van der Waals surface area contributed by atoms with Crippen LogP contribution in [0.2, 0.25) is 0 Å². The molecule has 61 heavy (non-hydrogen) atoms. The van der Waals surface area contributed by atoms with Gasteiger partial charge in [-0.25, -0.2) is 0 Å². The average molecular weight is 780 g/mol. The lowest BCUT2D eigenvalue weighted by Gasteiger charge is -2.29. The van der Waals surface area contributed by atoms with Crippen LogP contribution in [-0.2, 0) is 0 Å². The van der Waals surface area contributed by atoms with Crippen LogP contribution in [-0.4, -0.2) is 0 Å².